The van der Waals surface area contributed by atoms with E-state index in [9.17, 15) is 18.0 Å². The lowest BCUT2D eigenvalue weighted by molar-refractivity contribution is -0.137. The summed E-state index contributed by atoms with van der Waals surface area (Å²) < 4.78 is 38.3. The number of aromatic nitrogens is 4. The molecule has 0 aliphatic heterocycles. The van der Waals surface area contributed by atoms with Crippen molar-refractivity contribution in [1.29, 1.82) is 0 Å². The average Bonchev–Trinajstić information content (AvgIpc) is 3.03. The molecule has 25 heavy (non-hydrogen) atoms. The summed E-state index contributed by atoms with van der Waals surface area (Å²) in [5.41, 5.74) is -0.221. The van der Waals surface area contributed by atoms with Gasteiger partial charge in [0.15, 0.2) is 5.78 Å². The number of tetrazole rings is 1. The Morgan fingerprint density at radius 1 is 1.12 bits per heavy atom. The highest BCUT2D eigenvalue weighted by molar-refractivity contribution is 6.30. The fourth-order valence-electron chi connectivity index (χ4n) is 2.12. The van der Waals surface area contributed by atoms with E-state index < -0.39 is 11.7 Å². The van der Waals surface area contributed by atoms with Gasteiger partial charge < -0.3 is 0 Å². The van der Waals surface area contributed by atoms with E-state index in [4.69, 9.17) is 11.6 Å². The van der Waals surface area contributed by atoms with Gasteiger partial charge in [0.2, 0.25) is 5.82 Å². The first-order valence-corrected chi connectivity index (χ1v) is 7.45. The van der Waals surface area contributed by atoms with E-state index in [1.165, 1.54) is 12.1 Å². The third-order valence-corrected chi connectivity index (χ3v) is 3.60. The third kappa shape index (κ3) is 4.03. The molecule has 0 amide bonds. The van der Waals surface area contributed by atoms with Crippen molar-refractivity contribution in [3.63, 3.8) is 0 Å². The van der Waals surface area contributed by atoms with Gasteiger partial charge in [0.05, 0.1) is 5.56 Å². The van der Waals surface area contributed by atoms with Gasteiger partial charge in [0.25, 0.3) is 0 Å². The first kappa shape index (κ1) is 17.1. The molecular weight excluding hydrogens is 357 g/mol. The lowest BCUT2D eigenvalue weighted by atomic mass is 10.1. The number of benzene rings is 2. The van der Waals surface area contributed by atoms with E-state index in [-0.39, 0.29) is 23.7 Å². The van der Waals surface area contributed by atoms with Crippen LogP contribution in [0.25, 0.3) is 11.4 Å². The highest BCUT2D eigenvalue weighted by Crippen LogP contribution is 2.31. The first-order valence-electron chi connectivity index (χ1n) is 7.07. The molecule has 3 aromatic rings. The second kappa shape index (κ2) is 6.64. The van der Waals surface area contributed by atoms with Crippen LogP contribution in [0.15, 0.2) is 48.5 Å². The van der Waals surface area contributed by atoms with E-state index in [0.717, 1.165) is 16.9 Å². The number of carbonyl (C=O) groups excluding carboxylic acids is 1. The molecule has 0 spiro atoms. The van der Waals surface area contributed by atoms with Gasteiger partial charge in [0.1, 0.15) is 6.54 Å². The smallest absolute Gasteiger partial charge is 0.292 e. The van der Waals surface area contributed by atoms with Gasteiger partial charge in [-0.05, 0) is 41.6 Å². The second-order valence-electron chi connectivity index (χ2n) is 5.15. The van der Waals surface area contributed by atoms with Gasteiger partial charge in [-0.2, -0.15) is 18.0 Å². The predicted molar refractivity (Wildman–Crippen MR) is 84.0 cm³/mol. The zero-order valence-corrected chi connectivity index (χ0v) is 13.3. The maximum Gasteiger partial charge on any atom is 0.416 e. The van der Waals surface area contributed by atoms with Gasteiger partial charge in [-0.1, -0.05) is 23.7 Å². The van der Waals surface area contributed by atoms with Gasteiger partial charge in [0, 0.05) is 16.1 Å². The molecule has 128 valence electrons. The topological polar surface area (TPSA) is 60.7 Å². The molecule has 0 radical (unpaired) electrons. The quantitative estimate of drug-likeness (QED) is 0.657. The molecule has 9 heteroatoms. The Morgan fingerprint density at radius 3 is 2.52 bits per heavy atom. The molecule has 0 saturated carbocycles. The van der Waals surface area contributed by atoms with Crippen molar-refractivity contribution in [3.05, 3.63) is 64.7 Å². The molecule has 0 unspecified atom stereocenters. The van der Waals surface area contributed by atoms with E-state index >= 15 is 0 Å². The molecule has 0 aliphatic carbocycles. The van der Waals surface area contributed by atoms with Crippen LogP contribution >= 0.6 is 11.6 Å². The summed E-state index contributed by atoms with van der Waals surface area (Å²) in [6, 6.07) is 10.9. The second-order valence-corrected chi connectivity index (χ2v) is 5.59. The summed E-state index contributed by atoms with van der Waals surface area (Å²) >= 11 is 5.76. The number of nitrogens with zero attached hydrogens (tertiary/aromatic N) is 4. The molecule has 0 aliphatic rings. The molecule has 0 atom stereocenters. The van der Waals surface area contributed by atoms with Crippen LogP contribution in [-0.2, 0) is 12.7 Å². The van der Waals surface area contributed by atoms with Crippen molar-refractivity contribution in [2.24, 2.45) is 0 Å². The summed E-state index contributed by atoms with van der Waals surface area (Å²) in [4.78, 5) is 13.2. The molecular formula is C16H10ClF3N4O. The number of Topliss-reactive ketones (excluding diaryl/α,β-unsaturated/α-hetero) is 1. The van der Waals surface area contributed by atoms with Crippen LogP contribution in [-0.4, -0.2) is 26.0 Å². The maximum absolute atomic E-state index is 12.8. The molecule has 1 aromatic heterocycles. The fourth-order valence-corrected chi connectivity index (χ4v) is 2.24. The lowest BCUT2D eigenvalue weighted by Crippen LogP contribution is -2.13. The predicted octanol–water partition coefficient (Wildman–Crippen LogP) is 3.90. The van der Waals surface area contributed by atoms with Crippen molar-refractivity contribution in [2.75, 3.05) is 0 Å². The number of hydrogen-bond acceptors (Lipinski definition) is 4. The monoisotopic (exact) mass is 366 g/mol. The van der Waals surface area contributed by atoms with E-state index in [1.807, 2.05) is 0 Å². The molecule has 0 saturated heterocycles. The third-order valence-electron chi connectivity index (χ3n) is 3.35. The van der Waals surface area contributed by atoms with E-state index in [1.54, 1.807) is 24.3 Å². The van der Waals surface area contributed by atoms with Gasteiger partial charge in [-0.25, -0.2) is 0 Å². The van der Waals surface area contributed by atoms with E-state index in [2.05, 4.69) is 15.4 Å². The van der Waals surface area contributed by atoms with Gasteiger partial charge in [-0.3, -0.25) is 4.79 Å². The Balaban J connectivity index is 1.79. The summed E-state index contributed by atoms with van der Waals surface area (Å²) in [7, 11) is 0. The Kier molecular flexibility index (Phi) is 4.54. The van der Waals surface area contributed by atoms with Crippen LogP contribution in [0.1, 0.15) is 15.9 Å². The van der Waals surface area contributed by atoms with Crippen LogP contribution in [0.2, 0.25) is 5.02 Å². The SMILES string of the molecule is O=C(Cn1nnc(-c2cccc(C(F)(F)F)c2)n1)c1ccc(Cl)cc1. The molecule has 2 aromatic carbocycles. The number of carbonyl (C=O) groups is 1. The normalized spacial score (nSPS) is 11.5. The summed E-state index contributed by atoms with van der Waals surface area (Å²) in [6.07, 6.45) is -4.46. The molecule has 3 rings (SSSR count). The molecule has 0 N–H and O–H groups in total. The largest absolute Gasteiger partial charge is 0.416 e. The summed E-state index contributed by atoms with van der Waals surface area (Å²) in [6.45, 7) is -0.187. The highest BCUT2D eigenvalue weighted by atomic mass is 35.5. The van der Waals surface area contributed by atoms with Crippen LogP contribution in [0, 0.1) is 0 Å². The maximum atomic E-state index is 12.8. The molecule has 5 nitrogen and oxygen atoms in total. The Labute approximate surface area is 145 Å². The summed E-state index contributed by atoms with van der Waals surface area (Å²) in [5.74, 6) is -0.264. The zero-order chi connectivity index (χ0) is 18.0. The Hall–Kier alpha value is -2.74. The highest BCUT2D eigenvalue weighted by Gasteiger charge is 2.30. The van der Waals surface area contributed by atoms with Crippen molar-refractivity contribution < 1.29 is 18.0 Å². The standard InChI is InChI=1S/C16H10ClF3N4O/c17-13-6-4-10(5-7-13)14(25)9-24-22-15(21-23-24)11-2-1-3-12(8-11)16(18,19)20/h1-8H,9H2. The van der Waals surface area contributed by atoms with Gasteiger partial charge >= 0.3 is 6.18 Å². The molecule has 0 bridgehead atoms. The Bertz CT molecular complexity index is 906. The van der Waals surface area contributed by atoms with Crippen molar-refractivity contribution in [2.45, 2.75) is 12.7 Å². The zero-order valence-electron chi connectivity index (χ0n) is 12.5. The lowest BCUT2D eigenvalue weighted by Gasteiger charge is -2.06. The van der Waals surface area contributed by atoms with Gasteiger partial charge in [-0.15, -0.1) is 10.2 Å². The van der Waals surface area contributed by atoms with Crippen LogP contribution in [0.3, 0.4) is 0 Å². The van der Waals surface area contributed by atoms with Crippen molar-refractivity contribution >= 4 is 17.4 Å². The summed E-state index contributed by atoms with van der Waals surface area (Å²) in [5, 5.41) is 11.9. The van der Waals surface area contributed by atoms with E-state index in [0.29, 0.717) is 10.6 Å². The Morgan fingerprint density at radius 2 is 1.84 bits per heavy atom. The minimum atomic E-state index is -4.46. The minimum absolute atomic E-state index is 0.00926. The molecule has 0 fully saturated rings. The number of halogens is 4. The number of ketones is 1. The minimum Gasteiger partial charge on any atom is -0.292 e. The number of alkyl halides is 3. The average molecular weight is 367 g/mol. The fraction of sp³-hybridized carbons (Fsp3) is 0.125. The number of hydrogen-bond donors (Lipinski definition) is 0. The molecule has 1 heterocycles. The van der Waals surface area contributed by atoms with Crippen LogP contribution in [0.5, 0.6) is 0 Å². The first-order chi connectivity index (χ1) is 11.8. The van der Waals surface area contributed by atoms with Crippen molar-refractivity contribution in [3.8, 4) is 11.4 Å². The number of rotatable bonds is 4. The van der Waals surface area contributed by atoms with Crippen LogP contribution in [0.4, 0.5) is 13.2 Å². The van der Waals surface area contributed by atoms with Crippen LogP contribution < -0.4 is 0 Å². The van der Waals surface area contributed by atoms with Crippen molar-refractivity contribution in [1.82, 2.24) is 20.2 Å².